The second-order valence-corrected chi connectivity index (χ2v) is 1.95. The Balaban J connectivity index is 0. The fourth-order valence-electron chi connectivity index (χ4n) is 0.570. The SMILES string of the molecule is COCCN(C(C)=O)C(=O)O.Cl. The van der Waals surface area contributed by atoms with Crippen LogP contribution in [0.1, 0.15) is 6.92 Å². The van der Waals surface area contributed by atoms with Gasteiger partial charge in [0.2, 0.25) is 5.91 Å². The predicted octanol–water partition coefficient (Wildman–Crippen LogP) is 0.581. The van der Waals surface area contributed by atoms with Gasteiger partial charge in [-0.15, -0.1) is 12.4 Å². The minimum absolute atomic E-state index is 0. The number of hydrogen-bond donors (Lipinski definition) is 1. The molecule has 0 heterocycles. The summed E-state index contributed by atoms with van der Waals surface area (Å²) in [5.41, 5.74) is 0. The number of methoxy groups -OCH3 is 1. The summed E-state index contributed by atoms with van der Waals surface area (Å²) in [6, 6.07) is 0. The van der Waals surface area contributed by atoms with E-state index in [-0.39, 0.29) is 25.6 Å². The van der Waals surface area contributed by atoms with Gasteiger partial charge in [-0.25, -0.2) is 9.69 Å². The van der Waals surface area contributed by atoms with Crippen molar-refractivity contribution in [2.24, 2.45) is 0 Å². The molecule has 12 heavy (non-hydrogen) atoms. The molecular weight excluding hydrogens is 186 g/mol. The first kappa shape index (κ1) is 13.8. The van der Waals surface area contributed by atoms with Crippen LogP contribution in [0.4, 0.5) is 4.79 Å². The zero-order valence-electron chi connectivity index (χ0n) is 6.94. The Hall–Kier alpha value is -0.810. The van der Waals surface area contributed by atoms with E-state index in [4.69, 9.17) is 5.11 Å². The van der Waals surface area contributed by atoms with Gasteiger partial charge in [0.15, 0.2) is 0 Å². The van der Waals surface area contributed by atoms with E-state index < -0.39 is 12.0 Å². The Morgan fingerprint density at radius 1 is 1.50 bits per heavy atom. The summed E-state index contributed by atoms with van der Waals surface area (Å²) in [6.45, 7) is 1.51. The molecule has 72 valence electrons. The maximum Gasteiger partial charge on any atom is 0.414 e. The van der Waals surface area contributed by atoms with Gasteiger partial charge in [-0.05, 0) is 0 Å². The molecule has 0 aliphatic rings. The molecule has 0 saturated carbocycles. The zero-order valence-corrected chi connectivity index (χ0v) is 7.76. The highest BCUT2D eigenvalue weighted by Crippen LogP contribution is 1.89. The van der Waals surface area contributed by atoms with Crippen molar-refractivity contribution in [1.82, 2.24) is 4.90 Å². The lowest BCUT2D eigenvalue weighted by atomic mass is 10.5. The van der Waals surface area contributed by atoms with E-state index in [1.165, 1.54) is 14.0 Å². The monoisotopic (exact) mass is 197 g/mol. The summed E-state index contributed by atoms with van der Waals surface area (Å²) in [6.07, 6.45) is -1.24. The third-order valence-corrected chi connectivity index (χ3v) is 1.13. The number of hydrogen-bond acceptors (Lipinski definition) is 3. The quantitative estimate of drug-likeness (QED) is 0.719. The molecule has 0 rings (SSSR count). The van der Waals surface area contributed by atoms with Crippen LogP contribution >= 0.6 is 12.4 Å². The van der Waals surface area contributed by atoms with Crippen LogP contribution in [0.5, 0.6) is 0 Å². The van der Waals surface area contributed by atoms with Gasteiger partial charge in [0.25, 0.3) is 0 Å². The summed E-state index contributed by atoms with van der Waals surface area (Å²) < 4.78 is 4.62. The molecule has 6 heteroatoms. The molecule has 0 aliphatic heterocycles. The van der Waals surface area contributed by atoms with Crippen LogP contribution < -0.4 is 0 Å². The first-order valence-corrected chi connectivity index (χ1v) is 3.09. The van der Waals surface area contributed by atoms with Gasteiger partial charge >= 0.3 is 6.09 Å². The number of imide groups is 1. The minimum atomic E-state index is -1.24. The van der Waals surface area contributed by atoms with Crippen LogP contribution in [-0.4, -0.2) is 42.3 Å². The highest BCUT2D eigenvalue weighted by Gasteiger charge is 2.14. The second kappa shape index (κ2) is 6.87. The smallest absolute Gasteiger partial charge is 0.414 e. The van der Waals surface area contributed by atoms with Crippen LogP contribution in [0.3, 0.4) is 0 Å². The molecule has 0 bridgehead atoms. The summed E-state index contributed by atoms with van der Waals surface area (Å²) in [7, 11) is 1.44. The number of carbonyl (C=O) groups is 2. The lowest BCUT2D eigenvalue weighted by Gasteiger charge is -2.13. The standard InChI is InChI=1S/C6H11NO4.ClH/c1-5(8)7(6(9)10)3-4-11-2;/h3-4H2,1-2H3,(H,9,10);1H. The number of nitrogens with zero attached hydrogens (tertiary/aromatic N) is 1. The van der Waals surface area contributed by atoms with Gasteiger partial charge in [-0.2, -0.15) is 0 Å². The number of ether oxygens (including phenoxy) is 1. The van der Waals surface area contributed by atoms with Crippen LogP contribution in [0.15, 0.2) is 0 Å². The molecule has 0 fully saturated rings. The average Bonchev–Trinajstić information content (AvgIpc) is 1.87. The van der Waals surface area contributed by atoms with E-state index >= 15 is 0 Å². The molecule has 0 atom stereocenters. The van der Waals surface area contributed by atoms with Gasteiger partial charge < -0.3 is 9.84 Å². The van der Waals surface area contributed by atoms with E-state index in [1.807, 2.05) is 0 Å². The Morgan fingerprint density at radius 3 is 2.25 bits per heavy atom. The number of halogens is 1. The third kappa shape index (κ3) is 4.92. The number of rotatable bonds is 3. The highest BCUT2D eigenvalue weighted by atomic mass is 35.5. The molecule has 0 saturated heterocycles. The number of carboxylic acid groups (broad SMARTS) is 1. The Bertz CT molecular complexity index is 148. The molecule has 1 N–H and O–H groups in total. The topological polar surface area (TPSA) is 66.8 Å². The van der Waals surface area contributed by atoms with Crippen molar-refractivity contribution in [1.29, 1.82) is 0 Å². The van der Waals surface area contributed by atoms with Gasteiger partial charge in [-0.1, -0.05) is 0 Å². The molecule has 0 aromatic carbocycles. The van der Waals surface area contributed by atoms with Crippen LogP contribution in [-0.2, 0) is 9.53 Å². The molecule has 0 aromatic heterocycles. The molecule has 0 unspecified atom stereocenters. The summed E-state index contributed by atoms with van der Waals surface area (Å²) in [4.78, 5) is 21.6. The van der Waals surface area contributed by atoms with Crippen molar-refractivity contribution in [3.63, 3.8) is 0 Å². The average molecular weight is 198 g/mol. The number of amides is 2. The first-order valence-electron chi connectivity index (χ1n) is 3.09. The first-order chi connectivity index (χ1) is 5.09. The molecule has 0 aliphatic carbocycles. The van der Waals surface area contributed by atoms with Gasteiger partial charge in [0.1, 0.15) is 0 Å². The van der Waals surface area contributed by atoms with E-state index in [0.717, 1.165) is 0 Å². The van der Waals surface area contributed by atoms with Crippen molar-refractivity contribution in [2.45, 2.75) is 6.92 Å². The van der Waals surface area contributed by atoms with Crippen LogP contribution in [0.2, 0.25) is 0 Å². The highest BCUT2D eigenvalue weighted by molar-refractivity contribution is 5.89. The second-order valence-electron chi connectivity index (χ2n) is 1.95. The van der Waals surface area contributed by atoms with E-state index in [1.54, 1.807) is 0 Å². The minimum Gasteiger partial charge on any atom is -0.465 e. The summed E-state index contributed by atoms with van der Waals surface area (Å²) in [5.74, 6) is -0.491. The van der Waals surface area contributed by atoms with Crippen LogP contribution in [0, 0.1) is 0 Å². The van der Waals surface area contributed by atoms with E-state index in [0.29, 0.717) is 4.90 Å². The third-order valence-electron chi connectivity index (χ3n) is 1.13. The van der Waals surface area contributed by atoms with Crippen molar-refractivity contribution in [2.75, 3.05) is 20.3 Å². The maximum atomic E-state index is 10.6. The Kier molecular flexibility index (Phi) is 7.88. The largest absolute Gasteiger partial charge is 0.465 e. The van der Waals surface area contributed by atoms with E-state index in [2.05, 4.69) is 4.74 Å². The Labute approximate surface area is 76.7 Å². The Morgan fingerprint density at radius 2 is 2.00 bits per heavy atom. The lowest BCUT2D eigenvalue weighted by molar-refractivity contribution is -0.127. The summed E-state index contributed by atoms with van der Waals surface area (Å²) in [5, 5.41) is 8.42. The molecule has 0 radical (unpaired) electrons. The number of carbonyl (C=O) groups excluding carboxylic acids is 1. The van der Waals surface area contributed by atoms with Gasteiger partial charge in [-0.3, -0.25) is 4.79 Å². The van der Waals surface area contributed by atoms with Crippen molar-refractivity contribution in [3.05, 3.63) is 0 Å². The summed E-state index contributed by atoms with van der Waals surface area (Å²) >= 11 is 0. The molecule has 5 nitrogen and oxygen atoms in total. The van der Waals surface area contributed by atoms with E-state index in [9.17, 15) is 9.59 Å². The maximum absolute atomic E-state index is 10.6. The van der Waals surface area contributed by atoms with Gasteiger partial charge in [0.05, 0.1) is 13.2 Å². The molecule has 2 amide bonds. The van der Waals surface area contributed by atoms with Gasteiger partial charge in [0, 0.05) is 14.0 Å². The van der Waals surface area contributed by atoms with Crippen molar-refractivity contribution in [3.8, 4) is 0 Å². The van der Waals surface area contributed by atoms with Crippen molar-refractivity contribution < 1.29 is 19.4 Å². The van der Waals surface area contributed by atoms with Crippen LogP contribution in [0.25, 0.3) is 0 Å². The fourth-order valence-corrected chi connectivity index (χ4v) is 0.570. The lowest BCUT2D eigenvalue weighted by Crippen LogP contribution is -2.36. The fraction of sp³-hybridized carbons (Fsp3) is 0.667. The molecule has 0 spiro atoms. The molecular formula is C6H12ClNO4. The zero-order chi connectivity index (χ0) is 8.85. The predicted molar refractivity (Wildman–Crippen MR) is 44.5 cm³/mol. The molecule has 0 aromatic rings. The van der Waals surface area contributed by atoms with Crippen molar-refractivity contribution >= 4 is 24.4 Å². The normalized spacial score (nSPS) is 8.50.